The van der Waals surface area contributed by atoms with Crippen LogP contribution >= 0.6 is 0 Å². The Bertz CT molecular complexity index is 1160. The molecule has 1 atom stereocenters. The van der Waals surface area contributed by atoms with Gasteiger partial charge in [-0.25, -0.2) is 8.78 Å². The number of carbonyl (C=O) groups excluding carboxylic acids is 1. The molecule has 0 bridgehead atoms. The Hall–Kier alpha value is -3.34. The minimum atomic E-state index is -3.67. The molecule has 33 heavy (non-hydrogen) atoms. The van der Waals surface area contributed by atoms with Crippen LogP contribution in [0.1, 0.15) is 22.7 Å². The van der Waals surface area contributed by atoms with Gasteiger partial charge in [0, 0.05) is 6.54 Å². The van der Waals surface area contributed by atoms with Crippen molar-refractivity contribution in [1.82, 2.24) is 5.32 Å². The monoisotopic (exact) mass is 478 g/mol. The van der Waals surface area contributed by atoms with Gasteiger partial charge in [0.05, 0.1) is 6.26 Å². The molecule has 0 aliphatic rings. The number of ether oxygens (including phenoxy) is 1. The molecule has 0 saturated heterocycles. The fourth-order valence-corrected chi connectivity index (χ4v) is 2.79. The highest BCUT2D eigenvalue weighted by Crippen LogP contribution is 2.17. The number of amides is 1. The largest absolute Gasteiger partial charge is 0.489 e. The number of hydrogen-bond acceptors (Lipinski definition) is 5. The first kappa shape index (κ1) is 25.9. The fraction of sp³-hybridized carbons (Fsp3) is 0.174. The zero-order valence-corrected chi connectivity index (χ0v) is 18.6. The smallest absolute Gasteiger partial charge is 0.261 e. The number of nitrogens with one attached hydrogen (secondary N) is 1. The van der Waals surface area contributed by atoms with Crippen molar-refractivity contribution in [3.05, 3.63) is 101 Å². The van der Waals surface area contributed by atoms with Crippen molar-refractivity contribution in [3.63, 3.8) is 0 Å². The molecule has 0 heterocycles. The standard InChI is InChI=1S/C22H20F2N2O2.CH4O3S/c23-18-5-1-3-16(11-18)14-28-20-9-7-15(8-10-20)13-26-21(22(25)27)17-4-2-6-19(24)12-17;1-5(2,3)4/h1-12,21,26H,13-14H2,(H2,25,27);1H3,(H,2,3,4). The highest BCUT2D eigenvalue weighted by atomic mass is 32.2. The van der Waals surface area contributed by atoms with Gasteiger partial charge in [0.25, 0.3) is 10.1 Å². The summed E-state index contributed by atoms with van der Waals surface area (Å²) in [5.41, 5.74) is 7.56. The van der Waals surface area contributed by atoms with E-state index in [1.807, 2.05) is 12.1 Å². The van der Waals surface area contributed by atoms with Crippen LogP contribution < -0.4 is 15.8 Å². The minimum absolute atomic E-state index is 0.263. The molecular formula is C23H24F2N2O5S. The van der Waals surface area contributed by atoms with Gasteiger partial charge in [-0.15, -0.1) is 0 Å². The Kier molecular flexibility index (Phi) is 9.46. The molecule has 0 radical (unpaired) electrons. The number of halogens is 2. The van der Waals surface area contributed by atoms with E-state index in [4.69, 9.17) is 15.0 Å². The molecule has 7 nitrogen and oxygen atoms in total. The number of nitrogens with two attached hydrogens (primary N) is 1. The Labute approximate surface area is 191 Å². The molecule has 3 aromatic rings. The van der Waals surface area contributed by atoms with E-state index in [2.05, 4.69) is 5.32 Å². The second-order valence-corrected chi connectivity index (χ2v) is 8.53. The molecule has 1 amide bonds. The summed E-state index contributed by atoms with van der Waals surface area (Å²) in [7, 11) is -3.67. The van der Waals surface area contributed by atoms with Crippen LogP contribution in [0.5, 0.6) is 5.75 Å². The summed E-state index contributed by atoms with van der Waals surface area (Å²) < 4.78 is 58.1. The van der Waals surface area contributed by atoms with Gasteiger partial charge in [-0.2, -0.15) is 8.42 Å². The average Bonchev–Trinajstić information content (AvgIpc) is 2.72. The Morgan fingerprint density at radius 3 is 2.12 bits per heavy atom. The summed E-state index contributed by atoms with van der Waals surface area (Å²) in [6.45, 7) is 0.632. The summed E-state index contributed by atoms with van der Waals surface area (Å²) >= 11 is 0. The van der Waals surface area contributed by atoms with Crippen LogP contribution in [0, 0.1) is 11.6 Å². The van der Waals surface area contributed by atoms with E-state index in [0.717, 1.165) is 11.1 Å². The number of rotatable bonds is 8. The quantitative estimate of drug-likeness (QED) is 0.427. The third kappa shape index (κ3) is 10.2. The lowest BCUT2D eigenvalue weighted by atomic mass is 10.1. The Balaban J connectivity index is 0.000000696. The molecule has 0 saturated carbocycles. The van der Waals surface area contributed by atoms with E-state index in [0.29, 0.717) is 24.1 Å². The van der Waals surface area contributed by atoms with E-state index in [-0.39, 0.29) is 12.4 Å². The molecular weight excluding hydrogens is 454 g/mol. The van der Waals surface area contributed by atoms with Gasteiger partial charge in [0.1, 0.15) is 30.0 Å². The lowest BCUT2D eigenvalue weighted by Gasteiger charge is -2.16. The van der Waals surface area contributed by atoms with Crippen molar-refractivity contribution in [2.24, 2.45) is 5.73 Å². The lowest BCUT2D eigenvalue weighted by molar-refractivity contribution is -0.120. The van der Waals surface area contributed by atoms with Crippen LogP contribution in [-0.2, 0) is 28.1 Å². The third-order valence-electron chi connectivity index (χ3n) is 4.19. The van der Waals surface area contributed by atoms with Crippen LogP contribution in [0.3, 0.4) is 0 Å². The highest BCUT2D eigenvalue weighted by Gasteiger charge is 2.17. The van der Waals surface area contributed by atoms with E-state index < -0.39 is 27.9 Å². The zero-order valence-electron chi connectivity index (χ0n) is 17.7. The number of primary amides is 1. The first-order chi connectivity index (χ1) is 15.5. The van der Waals surface area contributed by atoms with Gasteiger partial charge in [-0.1, -0.05) is 36.4 Å². The van der Waals surface area contributed by atoms with Gasteiger partial charge >= 0.3 is 0 Å². The molecule has 176 valence electrons. The van der Waals surface area contributed by atoms with Gasteiger partial charge in [-0.05, 0) is 53.1 Å². The lowest BCUT2D eigenvalue weighted by Crippen LogP contribution is -2.33. The SMILES string of the molecule is CS(=O)(=O)O.NC(=O)C(NCc1ccc(OCc2cccc(F)c2)cc1)c1cccc(F)c1. The Morgan fingerprint density at radius 2 is 1.58 bits per heavy atom. The van der Waals surface area contributed by atoms with Crippen LogP contribution in [0.2, 0.25) is 0 Å². The Morgan fingerprint density at radius 1 is 1.00 bits per heavy atom. The number of hydrogen-bond donors (Lipinski definition) is 3. The third-order valence-corrected chi connectivity index (χ3v) is 4.19. The van der Waals surface area contributed by atoms with Crippen LogP contribution in [0.15, 0.2) is 72.8 Å². The molecule has 4 N–H and O–H groups in total. The summed E-state index contributed by atoms with van der Waals surface area (Å²) in [4.78, 5) is 11.7. The molecule has 0 aliphatic carbocycles. The second-order valence-electron chi connectivity index (χ2n) is 7.07. The van der Waals surface area contributed by atoms with Crippen LogP contribution in [0.4, 0.5) is 8.78 Å². The molecule has 0 fully saturated rings. The number of benzene rings is 3. The summed E-state index contributed by atoms with van der Waals surface area (Å²) in [5, 5.41) is 3.04. The average molecular weight is 479 g/mol. The van der Waals surface area contributed by atoms with Crippen molar-refractivity contribution in [2.45, 2.75) is 19.2 Å². The molecule has 10 heteroatoms. The van der Waals surface area contributed by atoms with E-state index >= 15 is 0 Å². The fourth-order valence-electron chi connectivity index (χ4n) is 2.79. The van der Waals surface area contributed by atoms with Crippen molar-refractivity contribution in [1.29, 1.82) is 0 Å². The van der Waals surface area contributed by atoms with Crippen molar-refractivity contribution in [3.8, 4) is 5.75 Å². The maximum atomic E-state index is 13.4. The van der Waals surface area contributed by atoms with Crippen molar-refractivity contribution in [2.75, 3.05) is 6.26 Å². The van der Waals surface area contributed by atoms with Gasteiger partial charge in [0.2, 0.25) is 5.91 Å². The van der Waals surface area contributed by atoms with Crippen LogP contribution in [0.25, 0.3) is 0 Å². The molecule has 1 unspecified atom stereocenters. The van der Waals surface area contributed by atoms with Gasteiger partial charge < -0.3 is 10.5 Å². The highest BCUT2D eigenvalue weighted by molar-refractivity contribution is 7.85. The van der Waals surface area contributed by atoms with Crippen molar-refractivity contribution >= 4 is 16.0 Å². The second kappa shape index (κ2) is 12.0. The zero-order chi connectivity index (χ0) is 24.4. The first-order valence-corrected chi connectivity index (χ1v) is 11.5. The summed E-state index contributed by atoms with van der Waals surface area (Å²) in [6, 6.07) is 18.5. The first-order valence-electron chi connectivity index (χ1n) is 9.68. The minimum Gasteiger partial charge on any atom is -0.489 e. The van der Waals surface area contributed by atoms with Gasteiger partial charge in [-0.3, -0.25) is 14.7 Å². The number of carbonyl (C=O) groups is 1. The molecule has 0 spiro atoms. The van der Waals surface area contributed by atoms with E-state index in [1.165, 1.54) is 30.3 Å². The predicted molar refractivity (Wildman–Crippen MR) is 120 cm³/mol. The van der Waals surface area contributed by atoms with Crippen molar-refractivity contribution < 1.29 is 31.3 Å². The normalized spacial score (nSPS) is 11.8. The van der Waals surface area contributed by atoms with Crippen LogP contribution in [-0.4, -0.2) is 25.1 Å². The molecule has 3 aromatic carbocycles. The summed E-state index contributed by atoms with van der Waals surface area (Å²) in [5.74, 6) is -0.666. The topological polar surface area (TPSA) is 119 Å². The predicted octanol–water partition coefficient (Wildman–Crippen LogP) is 3.36. The molecule has 0 aliphatic heterocycles. The maximum absolute atomic E-state index is 13.4. The van der Waals surface area contributed by atoms with E-state index in [9.17, 15) is 22.0 Å². The van der Waals surface area contributed by atoms with E-state index in [1.54, 1.807) is 30.3 Å². The maximum Gasteiger partial charge on any atom is 0.261 e. The molecule has 3 rings (SSSR count). The summed E-state index contributed by atoms with van der Waals surface area (Å²) in [6.07, 6.45) is 0.715. The van der Waals surface area contributed by atoms with Gasteiger partial charge in [0.15, 0.2) is 0 Å². The molecule has 0 aromatic heterocycles.